The zero-order valence-electron chi connectivity index (χ0n) is 7.88. The Kier molecular flexibility index (Phi) is 3.64. The van der Waals surface area contributed by atoms with Crippen molar-refractivity contribution in [1.82, 2.24) is 0 Å². The van der Waals surface area contributed by atoms with Crippen LogP contribution in [0.2, 0.25) is 0 Å². The molecule has 0 aromatic rings. The van der Waals surface area contributed by atoms with Crippen LogP contribution in [0.25, 0.3) is 0 Å². The maximum absolute atomic E-state index is 5.75. The van der Waals surface area contributed by atoms with Crippen LogP contribution in [0, 0.1) is 5.92 Å². The van der Waals surface area contributed by atoms with Crippen molar-refractivity contribution in [3.05, 3.63) is 0 Å². The topological polar surface area (TPSA) is 18.5 Å². The van der Waals surface area contributed by atoms with Crippen LogP contribution in [0.15, 0.2) is 0 Å². The predicted octanol–water partition coefficient (Wildman–Crippen LogP) is 2.36. The average Bonchev–Trinajstić information content (AvgIpc) is 2.42. The van der Waals surface area contributed by atoms with Crippen LogP contribution in [0.5, 0.6) is 0 Å². The third-order valence-corrected chi connectivity index (χ3v) is 3.90. The molecule has 0 amide bonds. The second-order valence-corrected chi connectivity index (χ2v) is 5.22. The Balaban J connectivity index is 1.56. The van der Waals surface area contributed by atoms with Crippen molar-refractivity contribution in [1.29, 1.82) is 0 Å². The minimum absolute atomic E-state index is 0.292. The third kappa shape index (κ3) is 2.67. The first-order valence-corrected chi connectivity index (χ1v) is 6.11. The van der Waals surface area contributed by atoms with E-state index in [2.05, 4.69) is 15.9 Å². The number of hydrogen-bond acceptors (Lipinski definition) is 2. The minimum atomic E-state index is 0.292. The Labute approximate surface area is 88.1 Å². The molecule has 0 aromatic heterocycles. The standard InChI is InChI=1S/C10H17BrO2/c11-9-6-12-7-10(9)13-5-4-8-2-1-3-8/h8-10H,1-7H2. The molecule has 1 saturated carbocycles. The fourth-order valence-electron chi connectivity index (χ4n) is 1.83. The Bertz CT molecular complexity index is 159. The van der Waals surface area contributed by atoms with E-state index in [1.165, 1.54) is 25.7 Å². The zero-order valence-corrected chi connectivity index (χ0v) is 9.46. The van der Waals surface area contributed by atoms with Gasteiger partial charge in [-0.15, -0.1) is 0 Å². The summed E-state index contributed by atoms with van der Waals surface area (Å²) in [6, 6.07) is 0. The van der Waals surface area contributed by atoms with E-state index in [9.17, 15) is 0 Å². The van der Waals surface area contributed by atoms with Crippen LogP contribution < -0.4 is 0 Å². The van der Waals surface area contributed by atoms with Gasteiger partial charge >= 0.3 is 0 Å². The van der Waals surface area contributed by atoms with E-state index < -0.39 is 0 Å². The SMILES string of the molecule is BrC1COCC1OCCC1CCC1. The molecule has 0 radical (unpaired) electrons. The highest BCUT2D eigenvalue weighted by molar-refractivity contribution is 9.09. The Morgan fingerprint density at radius 3 is 2.69 bits per heavy atom. The average molecular weight is 249 g/mol. The molecule has 1 heterocycles. The van der Waals surface area contributed by atoms with Crippen molar-refractivity contribution < 1.29 is 9.47 Å². The molecule has 2 nitrogen and oxygen atoms in total. The van der Waals surface area contributed by atoms with Gasteiger partial charge in [0.2, 0.25) is 0 Å². The number of halogens is 1. The largest absolute Gasteiger partial charge is 0.377 e. The third-order valence-electron chi connectivity index (χ3n) is 3.05. The van der Waals surface area contributed by atoms with Gasteiger partial charge in [0.25, 0.3) is 0 Å². The van der Waals surface area contributed by atoms with Crippen molar-refractivity contribution in [3.8, 4) is 0 Å². The van der Waals surface area contributed by atoms with Crippen LogP contribution in [-0.2, 0) is 9.47 Å². The smallest absolute Gasteiger partial charge is 0.0955 e. The van der Waals surface area contributed by atoms with Crippen molar-refractivity contribution in [2.75, 3.05) is 19.8 Å². The molecule has 76 valence electrons. The lowest BCUT2D eigenvalue weighted by Crippen LogP contribution is -2.24. The number of rotatable bonds is 4. The molecule has 1 aliphatic heterocycles. The molecule has 2 atom stereocenters. The highest BCUT2D eigenvalue weighted by Gasteiger charge is 2.27. The first-order chi connectivity index (χ1) is 6.36. The molecule has 13 heavy (non-hydrogen) atoms. The van der Waals surface area contributed by atoms with E-state index in [1.807, 2.05) is 0 Å². The summed E-state index contributed by atoms with van der Waals surface area (Å²) >= 11 is 3.55. The van der Waals surface area contributed by atoms with Crippen LogP contribution in [-0.4, -0.2) is 30.8 Å². The van der Waals surface area contributed by atoms with Gasteiger partial charge in [-0.05, 0) is 12.3 Å². The molecule has 1 saturated heterocycles. The summed E-state index contributed by atoms with van der Waals surface area (Å²) in [7, 11) is 0. The normalized spacial score (nSPS) is 34.8. The fourth-order valence-corrected chi connectivity index (χ4v) is 2.32. The maximum Gasteiger partial charge on any atom is 0.0955 e. The molecule has 2 fully saturated rings. The van der Waals surface area contributed by atoms with Crippen LogP contribution in [0.1, 0.15) is 25.7 Å². The lowest BCUT2D eigenvalue weighted by atomic mass is 9.83. The van der Waals surface area contributed by atoms with Gasteiger partial charge in [-0.2, -0.15) is 0 Å². The summed E-state index contributed by atoms with van der Waals surface area (Å²) in [4.78, 5) is 0.411. The van der Waals surface area contributed by atoms with Crippen molar-refractivity contribution in [2.24, 2.45) is 5.92 Å². The summed E-state index contributed by atoms with van der Waals surface area (Å²) < 4.78 is 11.0. The number of hydrogen-bond donors (Lipinski definition) is 0. The summed E-state index contributed by atoms with van der Waals surface area (Å²) in [5.41, 5.74) is 0. The first-order valence-electron chi connectivity index (χ1n) is 5.19. The van der Waals surface area contributed by atoms with Gasteiger partial charge in [-0.25, -0.2) is 0 Å². The highest BCUT2D eigenvalue weighted by Crippen LogP contribution is 2.29. The first kappa shape index (κ1) is 9.94. The molecule has 0 bridgehead atoms. The second-order valence-electron chi connectivity index (χ2n) is 4.05. The lowest BCUT2D eigenvalue weighted by Gasteiger charge is -2.25. The molecule has 3 heteroatoms. The monoisotopic (exact) mass is 248 g/mol. The maximum atomic E-state index is 5.75. The van der Waals surface area contributed by atoms with E-state index in [1.54, 1.807) is 0 Å². The summed E-state index contributed by atoms with van der Waals surface area (Å²) in [5.74, 6) is 0.955. The van der Waals surface area contributed by atoms with E-state index in [0.717, 1.165) is 25.7 Å². The van der Waals surface area contributed by atoms with E-state index in [4.69, 9.17) is 9.47 Å². The fraction of sp³-hybridized carbons (Fsp3) is 1.00. The summed E-state index contributed by atoms with van der Waals surface area (Å²) in [5, 5.41) is 0. The molecule has 0 N–H and O–H groups in total. The Morgan fingerprint density at radius 1 is 1.31 bits per heavy atom. The quantitative estimate of drug-likeness (QED) is 0.712. The van der Waals surface area contributed by atoms with Crippen LogP contribution in [0.4, 0.5) is 0 Å². The van der Waals surface area contributed by atoms with Gasteiger partial charge in [-0.3, -0.25) is 0 Å². The Hall–Kier alpha value is 0.400. The van der Waals surface area contributed by atoms with E-state index >= 15 is 0 Å². The molecular formula is C10H17BrO2. The van der Waals surface area contributed by atoms with E-state index in [-0.39, 0.29) is 0 Å². The van der Waals surface area contributed by atoms with Crippen molar-refractivity contribution >= 4 is 15.9 Å². The molecular weight excluding hydrogens is 232 g/mol. The molecule has 2 aliphatic rings. The second kappa shape index (κ2) is 4.76. The highest BCUT2D eigenvalue weighted by atomic mass is 79.9. The van der Waals surface area contributed by atoms with Gasteiger partial charge in [0.15, 0.2) is 0 Å². The molecule has 2 rings (SSSR count). The van der Waals surface area contributed by atoms with Gasteiger partial charge < -0.3 is 9.47 Å². The lowest BCUT2D eigenvalue weighted by molar-refractivity contribution is 0.0321. The predicted molar refractivity (Wildman–Crippen MR) is 55.2 cm³/mol. The van der Waals surface area contributed by atoms with Gasteiger partial charge in [-0.1, -0.05) is 35.2 Å². The van der Waals surface area contributed by atoms with Crippen LogP contribution in [0.3, 0.4) is 0 Å². The Morgan fingerprint density at radius 2 is 2.15 bits per heavy atom. The van der Waals surface area contributed by atoms with Gasteiger partial charge in [0.05, 0.1) is 24.1 Å². The molecule has 2 unspecified atom stereocenters. The summed E-state index contributed by atoms with van der Waals surface area (Å²) in [6.45, 7) is 2.48. The molecule has 0 aromatic carbocycles. The minimum Gasteiger partial charge on any atom is -0.377 e. The van der Waals surface area contributed by atoms with E-state index in [0.29, 0.717) is 10.9 Å². The van der Waals surface area contributed by atoms with Gasteiger partial charge in [0, 0.05) is 6.61 Å². The van der Waals surface area contributed by atoms with Crippen molar-refractivity contribution in [2.45, 2.75) is 36.6 Å². The van der Waals surface area contributed by atoms with Gasteiger partial charge in [0.1, 0.15) is 0 Å². The number of alkyl halides is 1. The molecule has 0 spiro atoms. The number of ether oxygens (including phenoxy) is 2. The molecule has 1 aliphatic carbocycles. The van der Waals surface area contributed by atoms with Crippen LogP contribution >= 0.6 is 15.9 Å². The van der Waals surface area contributed by atoms with Crippen molar-refractivity contribution in [3.63, 3.8) is 0 Å². The zero-order chi connectivity index (χ0) is 9.10. The summed E-state index contributed by atoms with van der Waals surface area (Å²) in [6.07, 6.45) is 5.80.